The van der Waals surface area contributed by atoms with Crippen LogP contribution in [-0.4, -0.2) is 35.4 Å². The topological polar surface area (TPSA) is 59.0 Å². The summed E-state index contributed by atoms with van der Waals surface area (Å²) < 4.78 is 10.6. The molecular weight excluding hydrogens is 246 g/mol. The fourth-order valence-electron chi connectivity index (χ4n) is 2.81. The number of carbonyl (C=O) groups is 1. The van der Waals surface area contributed by atoms with Gasteiger partial charge in [0.25, 0.3) is 0 Å². The van der Waals surface area contributed by atoms with Crippen molar-refractivity contribution in [3.05, 3.63) is 23.8 Å². The van der Waals surface area contributed by atoms with Gasteiger partial charge in [0, 0.05) is 12.6 Å². The van der Waals surface area contributed by atoms with Crippen LogP contribution in [0.1, 0.15) is 24.8 Å². The van der Waals surface area contributed by atoms with Crippen LogP contribution in [0.3, 0.4) is 0 Å². The second-order valence-electron chi connectivity index (χ2n) is 5.05. The lowest BCUT2D eigenvalue weighted by atomic mass is 10.1. The van der Waals surface area contributed by atoms with Gasteiger partial charge in [0.05, 0.1) is 6.42 Å². The highest BCUT2D eigenvalue weighted by molar-refractivity contribution is 5.67. The summed E-state index contributed by atoms with van der Waals surface area (Å²) in [5, 5.41) is 8.92. The molecule has 0 saturated carbocycles. The summed E-state index contributed by atoms with van der Waals surface area (Å²) in [7, 11) is 0. The summed E-state index contributed by atoms with van der Waals surface area (Å²) in [4.78, 5) is 13.1. The van der Waals surface area contributed by atoms with Crippen molar-refractivity contribution in [3.8, 4) is 11.5 Å². The molecule has 0 aromatic heterocycles. The molecule has 1 aromatic carbocycles. The smallest absolute Gasteiger partial charge is 0.304 e. The first-order chi connectivity index (χ1) is 9.22. The molecule has 5 nitrogen and oxygen atoms in total. The number of nitrogens with zero attached hydrogens (tertiary/aromatic N) is 1. The van der Waals surface area contributed by atoms with Crippen molar-refractivity contribution in [1.29, 1.82) is 0 Å². The number of likely N-dealkylation sites (tertiary alicyclic amines) is 1. The van der Waals surface area contributed by atoms with Gasteiger partial charge in [0.1, 0.15) is 0 Å². The zero-order chi connectivity index (χ0) is 13.2. The molecule has 19 heavy (non-hydrogen) atoms. The van der Waals surface area contributed by atoms with Gasteiger partial charge in [-0.1, -0.05) is 6.07 Å². The van der Waals surface area contributed by atoms with Crippen molar-refractivity contribution >= 4 is 5.97 Å². The van der Waals surface area contributed by atoms with E-state index >= 15 is 0 Å². The summed E-state index contributed by atoms with van der Waals surface area (Å²) in [6, 6.07) is 6.07. The molecular formula is C14H17NO4. The maximum atomic E-state index is 10.8. The van der Waals surface area contributed by atoms with E-state index in [9.17, 15) is 4.79 Å². The average Bonchev–Trinajstić information content (AvgIpc) is 2.98. The molecule has 1 fully saturated rings. The van der Waals surface area contributed by atoms with E-state index in [-0.39, 0.29) is 19.3 Å². The number of hydrogen-bond acceptors (Lipinski definition) is 4. The SMILES string of the molecule is O=C(O)CC1CCCN1Cc1ccc2c(c1)OCO2. The molecule has 0 bridgehead atoms. The van der Waals surface area contributed by atoms with Crippen molar-refractivity contribution < 1.29 is 19.4 Å². The van der Waals surface area contributed by atoms with Gasteiger partial charge in [0.2, 0.25) is 6.79 Å². The second kappa shape index (κ2) is 5.09. The second-order valence-corrected chi connectivity index (χ2v) is 5.05. The zero-order valence-corrected chi connectivity index (χ0v) is 10.7. The molecule has 0 amide bonds. The van der Waals surface area contributed by atoms with Gasteiger partial charge in [-0.2, -0.15) is 0 Å². The maximum absolute atomic E-state index is 10.8. The lowest BCUT2D eigenvalue weighted by Gasteiger charge is -2.23. The van der Waals surface area contributed by atoms with E-state index in [4.69, 9.17) is 14.6 Å². The standard InChI is InChI=1S/C14H17NO4/c16-14(17)7-11-2-1-5-15(11)8-10-3-4-12-13(6-10)19-9-18-12/h3-4,6,11H,1-2,5,7-9H2,(H,16,17). The maximum Gasteiger partial charge on any atom is 0.304 e. The van der Waals surface area contributed by atoms with E-state index in [1.54, 1.807) is 0 Å². The molecule has 3 rings (SSSR count). The molecule has 5 heteroatoms. The van der Waals surface area contributed by atoms with Crippen LogP contribution in [0.15, 0.2) is 18.2 Å². The molecule has 1 aromatic rings. The Morgan fingerprint density at radius 2 is 2.21 bits per heavy atom. The minimum atomic E-state index is -0.720. The highest BCUT2D eigenvalue weighted by Crippen LogP contribution is 2.33. The van der Waals surface area contributed by atoms with Crippen molar-refractivity contribution in [2.45, 2.75) is 31.8 Å². The highest BCUT2D eigenvalue weighted by atomic mass is 16.7. The van der Waals surface area contributed by atoms with Crippen molar-refractivity contribution in [2.75, 3.05) is 13.3 Å². The van der Waals surface area contributed by atoms with E-state index in [0.717, 1.165) is 43.0 Å². The summed E-state index contributed by atoms with van der Waals surface area (Å²) in [5.74, 6) is 0.848. The Labute approximate surface area is 111 Å². The average molecular weight is 263 g/mol. The van der Waals surface area contributed by atoms with E-state index in [0.29, 0.717) is 0 Å². The number of carboxylic acids is 1. The van der Waals surface area contributed by atoms with Crippen molar-refractivity contribution in [1.82, 2.24) is 4.90 Å². The number of benzene rings is 1. The van der Waals surface area contributed by atoms with Gasteiger partial charge in [-0.3, -0.25) is 9.69 Å². The Hall–Kier alpha value is -1.75. The van der Waals surface area contributed by atoms with Crippen molar-refractivity contribution in [2.24, 2.45) is 0 Å². The number of hydrogen-bond donors (Lipinski definition) is 1. The van der Waals surface area contributed by atoms with Crippen molar-refractivity contribution in [3.63, 3.8) is 0 Å². The van der Waals surface area contributed by atoms with Crippen LogP contribution in [0.4, 0.5) is 0 Å². The largest absolute Gasteiger partial charge is 0.481 e. The van der Waals surface area contributed by atoms with Crippen LogP contribution in [-0.2, 0) is 11.3 Å². The molecule has 1 N–H and O–H groups in total. The predicted molar refractivity (Wildman–Crippen MR) is 68.2 cm³/mol. The number of carboxylic acid groups (broad SMARTS) is 1. The number of ether oxygens (including phenoxy) is 2. The molecule has 2 aliphatic heterocycles. The third-order valence-electron chi connectivity index (χ3n) is 3.73. The van der Waals surface area contributed by atoms with Crippen LogP contribution in [0.2, 0.25) is 0 Å². The summed E-state index contributed by atoms with van der Waals surface area (Å²) in [6.07, 6.45) is 2.27. The Morgan fingerprint density at radius 3 is 3.05 bits per heavy atom. The molecule has 2 heterocycles. The number of rotatable bonds is 4. The summed E-state index contributed by atoms with van der Waals surface area (Å²) >= 11 is 0. The first kappa shape index (κ1) is 12.3. The Balaban J connectivity index is 1.68. The molecule has 1 atom stereocenters. The monoisotopic (exact) mass is 263 g/mol. The van der Waals surface area contributed by atoms with Gasteiger partial charge in [0.15, 0.2) is 11.5 Å². The van der Waals surface area contributed by atoms with E-state index in [2.05, 4.69) is 4.90 Å². The minimum absolute atomic E-state index is 0.155. The normalized spacial score (nSPS) is 21.8. The number of fused-ring (bicyclic) bond motifs is 1. The zero-order valence-electron chi connectivity index (χ0n) is 10.7. The van der Waals surface area contributed by atoms with E-state index in [1.807, 2.05) is 18.2 Å². The lowest BCUT2D eigenvalue weighted by Crippen LogP contribution is -2.30. The highest BCUT2D eigenvalue weighted by Gasteiger charge is 2.26. The predicted octanol–water partition coefficient (Wildman–Crippen LogP) is 1.85. The first-order valence-corrected chi connectivity index (χ1v) is 6.57. The van der Waals surface area contributed by atoms with E-state index < -0.39 is 5.97 Å². The number of aliphatic carboxylic acids is 1. The molecule has 0 aliphatic carbocycles. The van der Waals surface area contributed by atoms with E-state index in [1.165, 1.54) is 0 Å². The summed E-state index contributed by atoms with van der Waals surface area (Å²) in [5.41, 5.74) is 1.14. The van der Waals surface area contributed by atoms with Crippen LogP contribution in [0.5, 0.6) is 11.5 Å². The van der Waals surface area contributed by atoms with Crippen LogP contribution < -0.4 is 9.47 Å². The van der Waals surface area contributed by atoms with Crippen LogP contribution >= 0.6 is 0 Å². The van der Waals surface area contributed by atoms with Gasteiger partial charge >= 0.3 is 5.97 Å². The molecule has 0 spiro atoms. The Morgan fingerprint density at radius 1 is 1.37 bits per heavy atom. The molecule has 102 valence electrons. The Bertz CT molecular complexity index is 488. The third-order valence-corrected chi connectivity index (χ3v) is 3.73. The minimum Gasteiger partial charge on any atom is -0.481 e. The Kier molecular flexibility index (Phi) is 3.29. The fourth-order valence-corrected chi connectivity index (χ4v) is 2.81. The molecule has 1 unspecified atom stereocenters. The van der Waals surface area contributed by atoms with Gasteiger partial charge < -0.3 is 14.6 Å². The first-order valence-electron chi connectivity index (χ1n) is 6.57. The van der Waals surface area contributed by atoms with Gasteiger partial charge in [-0.05, 0) is 37.1 Å². The lowest BCUT2D eigenvalue weighted by molar-refractivity contribution is -0.138. The van der Waals surface area contributed by atoms with Crippen LogP contribution in [0.25, 0.3) is 0 Å². The fraction of sp³-hybridized carbons (Fsp3) is 0.500. The van der Waals surface area contributed by atoms with Gasteiger partial charge in [-0.25, -0.2) is 0 Å². The summed E-state index contributed by atoms with van der Waals surface area (Å²) in [6.45, 7) is 2.02. The molecule has 1 saturated heterocycles. The molecule has 0 radical (unpaired) electrons. The third kappa shape index (κ3) is 2.66. The van der Waals surface area contributed by atoms with Gasteiger partial charge in [-0.15, -0.1) is 0 Å². The van der Waals surface area contributed by atoms with Crippen LogP contribution in [0, 0.1) is 0 Å². The molecule has 2 aliphatic rings. The quantitative estimate of drug-likeness (QED) is 0.898.